The van der Waals surface area contributed by atoms with E-state index in [-0.39, 0.29) is 17.7 Å². The maximum Gasteiger partial charge on any atom is 0.239 e. The van der Waals surface area contributed by atoms with E-state index in [1.807, 2.05) is 6.92 Å². The van der Waals surface area contributed by atoms with E-state index in [1.54, 1.807) is 41.8 Å². The summed E-state index contributed by atoms with van der Waals surface area (Å²) in [4.78, 5) is 40.2. The van der Waals surface area contributed by atoms with Gasteiger partial charge in [0.05, 0.1) is 0 Å². The standard InChI is InChI=1S/C18H24ClN3O3/c1-12-11-14(19)5-6-15(12)20-16(24)18(3,4)17(25)22-9-7-21(8-10-22)13(2)23/h5-6,11H,7-10H2,1-4H3,(H,20,24). The summed E-state index contributed by atoms with van der Waals surface area (Å²) in [6.07, 6.45) is 0. The van der Waals surface area contributed by atoms with Crippen molar-refractivity contribution in [1.29, 1.82) is 0 Å². The fourth-order valence-electron chi connectivity index (χ4n) is 2.76. The summed E-state index contributed by atoms with van der Waals surface area (Å²) in [5, 5.41) is 3.41. The Labute approximate surface area is 153 Å². The number of piperazine rings is 1. The number of hydrogen-bond donors (Lipinski definition) is 1. The van der Waals surface area contributed by atoms with E-state index >= 15 is 0 Å². The molecule has 1 aliphatic heterocycles. The molecule has 0 atom stereocenters. The largest absolute Gasteiger partial charge is 0.339 e. The van der Waals surface area contributed by atoms with Gasteiger partial charge < -0.3 is 15.1 Å². The second kappa shape index (κ2) is 7.44. The van der Waals surface area contributed by atoms with Gasteiger partial charge in [0.25, 0.3) is 0 Å². The maximum absolute atomic E-state index is 12.8. The number of halogens is 1. The third-order valence-corrected chi connectivity index (χ3v) is 4.79. The van der Waals surface area contributed by atoms with Crippen LogP contribution in [0.5, 0.6) is 0 Å². The molecule has 0 aromatic heterocycles. The Balaban J connectivity index is 2.05. The molecule has 7 heteroatoms. The van der Waals surface area contributed by atoms with Crippen LogP contribution in [-0.2, 0) is 14.4 Å². The molecule has 1 saturated heterocycles. The zero-order valence-electron chi connectivity index (χ0n) is 15.1. The van der Waals surface area contributed by atoms with E-state index in [2.05, 4.69) is 5.32 Å². The van der Waals surface area contributed by atoms with Crippen molar-refractivity contribution in [2.45, 2.75) is 27.7 Å². The van der Waals surface area contributed by atoms with Crippen molar-refractivity contribution >= 4 is 35.0 Å². The lowest BCUT2D eigenvalue weighted by molar-refractivity contribution is -0.149. The fourth-order valence-corrected chi connectivity index (χ4v) is 2.99. The van der Waals surface area contributed by atoms with Gasteiger partial charge >= 0.3 is 0 Å². The predicted molar refractivity (Wildman–Crippen MR) is 97.4 cm³/mol. The first-order chi connectivity index (χ1) is 11.6. The number of anilines is 1. The van der Waals surface area contributed by atoms with Crippen LogP contribution in [0.1, 0.15) is 26.3 Å². The number of rotatable bonds is 3. The predicted octanol–water partition coefficient (Wildman–Crippen LogP) is 2.30. The van der Waals surface area contributed by atoms with Gasteiger partial charge in [0.1, 0.15) is 5.41 Å². The van der Waals surface area contributed by atoms with Crippen LogP contribution in [0.15, 0.2) is 18.2 Å². The van der Waals surface area contributed by atoms with E-state index < -0.39 is 5.41 Å². The van der Waals surface area contributed by atoms with Crippen LogP contribution in [0.2, 0.25) is 5.02 Å². The van der Waals surface area contributed by atoms with Crippen LogP contribution in [-0.4, -0.2) is 53.7 Å². The minimum absolute atomic E-state index is 0.00214. The highest BCUT2D eigenvalue weighted by atomic mass is 35.5. The molecular weight excluding hydrogens is 342 g/mol. The number of nitrogens with one attached hydrogen (secondary N) is 1. The maximum atomic E-state index is 12.8. The van der Waals surface area contributed by atoms with Crippen LogP contribution in [0.4, 0.5) is 5.69 Å². The normalized spacial score (nSPS) is 15.1. The van der Waals surface area contributed by atoms with E-state index in [9.17, 15) is 14.4 Å². The molecule has 0 bridgehead atoms. The molecular formula is C18H24ClN3O3. The average molecular weight is 366 g/mol. The van der Waals surface area contributed by atoms with Gasteiger partial charge in [-0.2, -0.15) is 0 Å². The van der Waals surface area contributed by atoms with Gasteiger partial charge in [-0.3, -0.25) is 14.4 Å². The first kappa shape index (κ1) is 19.2. The molecule has 1 aliphatic rings. The van der Waals surface area contributed by atoms with Gasteiger partial charge in [-0.1, -0.05) is 11.6 Å². The molecule has 1 aromatic rings. The topological polar surface area (TPSA) is 69.7 Å². The number of amides is 3. The van der Waals surface area contributed by atoms with Crippen LogP contribution in [0.25, 0.3) is 0 Å². The molecule has 0 saturated carbocycles. The quantitative estimate of drug-likeness (QED) is 0.835. The SMILES string of the molecule is CC(=O)N1CCN(C(=O)C(C)(C)C(=O)Nc2ccc(Cl)cc2C)CC1. The first-order valence-corrected chi connectivity index (χ1v) is 8.63. The van der Waals surface area contributed by atoms with Crippen molar-refractivity contribution in [2.24, 2.45) is 5.41 Å². The summed E-state index contributed by atoms with van der Waals surface area (Å²) in [5.41, 5.74) is 0.264. The Hall–Kier alpha value is -2.08. The summed E-state index contributed by atoms with van der Waals surface area (Å²) >= 11 is 5.93. The van der Waals surface area contributed by atoms with Gasteiger partial charge in [-0.25, -0.2) is 0 Å². The van der Waals surface area contributed by atoms with Gasteiger partial charge in [0.15, 0.2) is 0 Å². The molecule has 25 heavy (non-hydrogen) atoms. The lowest BCUT2D eigenvalue weighted by Gasteiger charge is -2.37. The van der Waals surface area contributed by atoms with Crippen molar-refractivity contribution in [1.82, 2.24) is 9.80 Å². The first-order valence-electron chi connectivity index (χ1n) is 8.25. The average Bonchev–Trinajstić information content (AvgIpc) is 2.56. The molecule has 6 nitrogen and oxygen atoms in total. The zero-order valence-corrected chi connectivity index (χ0v) is 15.8. The van der Waals surface area contributed by atoms with Gasteiger partial charge in [-0.15, -0.1) is 0 Å². The molecule has 0 unspecified atom stereocenters. The van der Waals surface area contributed by atoms with Crippen LogP contribution in [0, 0.1) is 12.3 Å². The minimum Gasteiger partial charge on any atom is -0.339 e. The van der Waals surface area contributed by atoms with Crippen LogP contribution in [0.3, 0.4) is 0 Å². The summed E-state index contributed by atoms with van der Waals surface area (Å²) in [7, 11) is 0. The monoisotopic (exact) mass is 365 g/mol. The fraction of sp³-hybridized carbons (Fsp3) is 0.500. The zero-order chi connectivity index (χ0) is 18.8. The van der Waals surface area contributed by atoms with E-state index in [1.165, 1.54) is 6.92 Å². The number of carbonyl (C=O) groups excluding carboxylic acids is 3. The third-order valence-electron chi connectivity index (χ3n) is 4.55. The molecule has 1 heterocycles. The number of aryl methyl sites for hydroxylation is 1. The highest BCUT2D eigenvalue weighted by Crippen LogP contribution is 2.25. The molecule has 0 radical (unpaired) electrons. The van der Waals surface area contributed by atoms with Crippen molar-refractivity contribution in [3.8, 4) is 0 Å². The Bertz CT molecular complexity index is 695. The van der Waals surface area contributed by atoms with E-state index in [0.717, 1.165) is 5.56 Å². The number of nitrogens with zero attached hydrogens (tertiary/aromatic N) is 2. The molecule has 2 rings (SSSR count). The molecule has 0 aliphatic carbocycles. The number of benzene rings is 1. The van der Waals surface area contributed by atoms with E-state index in [4.69, 9.17) is 11.6 Å². The summed E-state index contributed by atoms with van der Waals surface area (Å²) in [6, 6.07) is 5.18. The Morgan fingerprint density at radius 1 is 1.08 bits per heavy atom. The second-order valence-corrected chi connectivity index (χ2v) is 7.27. The molecule has 1 N–H and O–H groups in total. The van der Waals surface area contributed by atoms with Crippen molar-refractivity contribution in [3.05, 3.63) is 28.8 Å². The minimum atomic E-state index is -1.20. The Morgan fingerprint density at radius 3 is 2.16 bits per heavy atom. The van der Waals surface area contributed by atoms with Crippen molar-refractivity contribution < 1.29 is 14.4 Å². The van der Waals surface area contributed by atoms with Gasteiger partial charge in [0.2, 0.25) is 17.7 Å². The smallest absolute Gasteiger partial charge is 0.239 e. The lowest BCUT2D eigenvalue weighted by Crippen LogP contribution is -2.55. The van der Waals surface area contributed by atoms with Crippen LogP contribution >= 0.6 is 11.6 Å². The summed E-state index contributed by atoms with van der Waals surface area (Å²) in [5.74, 6) is -0.598. The van der Waals surface area contributed by atoms with Crippen LogP contribution < -0.4 is 5.32 Å². The number of carbonyl (C=O) groups is 3. The summed E-state index contributed by atoms with van der Waals surface area (Å²) in [6.45, 7) is 8.47. The van der Waals surface area contributed by atoms with Crippen molar-refractivity contribution in [3.63, 3.8) is 0 Å². The molecule has 0 spiro atoms. The lowest BCUT2D eigenvalue weighted by atomic mass is 9.89. The second-order valence-electron chi connectivity index (χ2n) is 6.84. The summed E-state index contributed by atoms with van der Waals surface area (Å²) < 4.78 is 0. The molecule has 136 valence electrons. The van der Waals surface area contributed by atoms with Crippen molar-refractivity contribution in [2.75, 3.05) is 31.5 Å². The molecule has 1 fully saturated rings. The highest BCUT2D eigenvalue weighted by molar-refractivity contribution is 6.30. The van der Waals surface area contributed by atoms with Gasteiger partial charge in [-0.05, 0) is 44.5 Å². The Morgan fingerprint density at radius 2 is 1.64 bits per heavy atom. The number of hydrogen-bond acceptors (Lipinski definition) is 3. The van der Waals surface area contributed by atoms with E-state index in [0.29, 0.717) is 36.9 Å². The molecule has 3 amide bonds. The molecule has 1 aromatic carbocycles. The highest BCUT2D eigenvalue weighted by Gasteiger charge is 2.40. The third kappa shape index (κ3) is 4.31. The van der Waals surface area contributed by atoms with Gasteiger partial charge in [0, 0.05) is 43.8 Å². The Kier molecular flexibility index (Phi) is 5.72.